The predicted octanol–water partition coefficient (Wildman–Crippen LogP) is 2.53. The highest BCUT2D eigenvalue weighted by atomic mass is 16.5. The molecule has 0 aliphatic carbocycles. The molecule has 128 valence electrons. The maximum Gasteiger partial charge on any atom is 0.228 e. The molecule has 4 heteroatoms. The number of hydrogen-bond donors (Lipinski definition) is 2. The van der Waals surface area contributed by atoms with Crippen molar-refractivity contribution in [3.63, 3.8) is 0 Å². The summed E-state index contributed by atoms with van der Waals surface area (Å²) in [5.74, 6) is 0.162. The zero-order valence-corrected chi connectivity index (χ0v) is 14.4. The highest BCUT2D eigenvalue weighted by Gasteiger charge is 2.40. The molecule has 1 unspecified atom stereocenters. The van der Waals surface area contributed by atoms with E-state index in [1.807, 2.05) is 6.07 Å². The Morgan fingerprint density at radius 3 is 2.61 bits per heavy atom. The van der Waals surface area contributed by atoms with Crippen LogP contribution in [0.2, 0.25) is 0 Å². The molecular weight excluding hydrogens is 288 g/mol. The van der Waals surface area contributed by atoms with Crippen molar-refractivity contribution in [2.24, 2.45) is 5.41 Å². The number of methoxy groups -OCH3 is 1. The van der Waals surface area contributed by atoms with Gasteiger partial charge in [-0.1, -0.05) is 43.7 Å². The smallest absolute Gasteiger partial charge is 0.228 e. The molecule has 2 N–H and O–H groups in total. The second kappa shape index (κ2) is 9.04. The number of amides is 1. The molecule has 0 spiro atoms. The van der Waals surface area contributed by atoms with Gasteiger partial charge >= 0.3 is 0 Å². The van der Waals surface area contributed by atoms with Gasteiger partial charge in [0.25, 0.3) is 0 Å². The zero-order valence-electron chi connectivity index (χ0n) is 14.4. The first-order valence-electron chi connectivity index (χ1n) is 8.75. The summed E-state index contributed by atoms with van der Waals surface area (Å²) in [5, 5.41) is 6.65. The average molecular weight is 318 g/mol. The Bertz CT molecular complexity index is 464. The monoisotopic (exact) mass is 318 g/mol. The van der Waals surface area contributed by atoms with Crippen molar-refractivity contribution in [3.8, 4) is 0 Å². The highest BCUT2D eigenvalue weighted by Crippen LogP contribution is 2.30. The van der Waals surface area contributed by atoms with Gasteiger partial charge in [0.1, 0.15) is 0 Å². The number of hydrogen-bond acceptors (Lipinski definition) is 3. The minimum Gasteiger partial charge on any atom is -0.384 e. The third-order valence-electron chi connectivity index (χ3n) is 4.76. The molecule has 1 aromatic rings. The molecule has 0 radical (unpaired) electrons. The molecule has 23 heavy (non-hydrogen) atoms. The van der Waals surface area contributed by atoms with Gasteiger partial charge in [-0.15, -0.1) is 0 Å². The molecule has 4 nitrogen and oxygen atoms in total. The molecule has 1 aliphatic rings. The Labute approximate surface area is 140 Å². The summed E-state index contributed by atoms with van der Waals surface area (Å²) in [7, 11) is 1.69. The largest absolute Gasteiger partial charge is 0.384 e. The Kier molecular flexibility index (Phi) is 7.06. The van der Waals surface area contributed by atoms with E-state index in [1.54, 1.807) is 7.11 Å². The summed E-state index contributed by atoms with van der Waals surface area (Å²) in [6, 6.07) is 10.6. The first-order chi connectivity index (χ1) is 11.2. The fourth-order valence-electron chi connectivity index (χ4n) is 3.43. The van der Waals surface area contributed by atoms with Crippen LogP contribution in [-0.4, -0.2) is 38.8 Å². The molecule has 0 aromatic heterocycles. The average Bonchev–Trinajstić information content (AvgIpc) is 2.57. The van der Waals surface area contributed by atoms with E-state index in [2.05, 4.69) is 41.8 Å². The quantitative estimate of drug-likeness (QED) is 0.774. The van der Waals surface area contributed by atoms with Crippen LogP contribution < -0.4 is 10.6 Å². The van der Waals surface area contributed by atoms with Gasteiger partial charge in [-0.05, 0) is 44.3 Å². The lowest BCUT2D eigenvalue weighted by Crippen LogP contribution is -2.52. The van der Waals surface area contributed by atoms with E-state index < -0.39 is 0 Å². The van der Waals surface area contributed by atoms with Gasteiger partial charge in [0, 0.05) is 13.2 Å². The molecule has 1 saturated heterocycles. The van der Waals surface area contributed by atoms with Gasteiger partial charge in [-0.2, -0.15) is 0 Å². The van der Waals surface area contributed by atoms with E-state index in [9.17, 15) is 4.79 Å². The van der Waals surface area contributed by atoms with Crippen molar-refractivity contribution in [1.82, 2.24) is 10.6 Å². The second-order valence-electron chi connectivity index (χ2n) is 6.61. The summed E-state index contributed by atoms with van der Waals surface area (Å²) < 4.78 is 5.38. The molecule has 2 rings (SSSR count). The Balaban J connectivity index is 2.03. The van der Waals surface area contributed by atoms with Crippen molar-refractivity contribution >= 4 is 5.91 Å². The molecule has 1 aromatic carbocycles. The first kappa shape index (κ1) is 18.0. The van der Waals surface area contributed by atoms with Crippen molar-refractivity contribution in [2.75, 3.05) is 26.8 Å². The van der Waals surface area contributed by atoms with E-state index in [-0.39, 0.29) is 17.4 Å². The van der Waals surface area contributed by atoms with Crippen LogP contribution >= 0.6 is 0 Å². The lowest BCUT2D eigenvalue weighted by atomic mass is 9.78. The van der Waals surface area contributed by atoms with Crippen LogP contribution in [0.3, 0.4) is 0 Å². The predicted molar refractivity (Wildman–Crippen MR) is 93.4 cm³/mol. The normalized spacial score (nSPS) is 18.3. The minimum atomic E-state index is -0.372. The van der Waals surface area contributed by atoms with Gasteiger partial charge in [0.2, 0.25) is 5.91 Å². The summed E-state index contributed by atoms with van der Waals surface area (Å²) in [4.78, 5) is 13.0. The Morgan fingerprint density at radius 1 is 1.30 bits per heavy atom. The summed E-state index contributed by atoms with van der Waals surface area (Å²) >= 11 is 0. The van der Waals surface area contributed by atoms with Crippen LogP contribution in [0.4, 0.5) is 0 Å². The Hall–Kier alpha value is -1.39. The van der Waals surface area contributed by atoms with Crippen LogP contribution in [0.25, 0.3) is 0 Å². The van der Waals surface area contributed by atoms with Crippen LogP contribution in [-0.2, 0) is 16.0 Å². The SMILES string of the molecule is CCCC(Cc1ccccc1)NC(=O)C1(COC)CCNCC1. The lowest BCUT2D eigenvalue weighted by Gasteiger charge is -2.37. The van der Waals surface area contributed by atoms with E-state index in [0.29, 0.717) is 6.61 Å². The van der Waals surface area contributed by atoms with Crippen LogP contribution in [0.1, 0.15) is 38.2 Å². The fraction of sp³-hybridized carbons (Fsp3) is 0.632. The molecular formula is C19H30N2O2. The molecule has 1 atom stereocenters. The molecule has 1 amide bonds. The maximum absolute atomic E-state index is 13.0. The van der Waals surface area contributed by atoms with Gasteiger partial charge in [-0.25, -0.2) is 0 Å². The van der Waals surface area contributed by atoms with Gasteiger partial charge in [0.15, 0.2) is 0 Å². The summed E-state index contributed by atoms with van der Waals surface area (Å²) in [6.07, 6.45) is 4.65. The third-order valence-corrected chi connectivity index (χ3v) is 4.76. The summed E-state index contributed by atoms with van der Waals surface area (Å²) in [5.41, 5.74) is 0.903. The van der Waals surface area contributed by atoms with E-state index in [4.69, 9.17) is 4.74 Å². The van der Waals surface area contributed by atoms with E-state index in [0.717, 1.165) is 45.2 Å². The number of nitrogens with one attached hydrogen (secondary N) is 2. The summed E-state index contributed by atoms with van der Waals surface area (Å²) in [6.45, 7) is 4.44. The molecule has 1 heterocycles. The zero-order chi connectivity index (χ0) is 16.5. The highest BCUT2D eigenvalue weighted by molar-refractivity contribution is 5.83. The molecule has 0 bridgehead atoms. The number of piperidine rings is 1. The number of ether oxygens (including phenoxy) is 1. The lowest BCUT2D eigenvalue weighted by molar-refractivity contribution is -0.137. The van der Waals surface area contributed by atoms with Crippen molar-refractivity contribution in [1.29, 1.82) is 0 Å². The first-order valence-corrected chi connectivity index (χ1v) is 8.75. The topological polar surface area (TPSA) is 50.4 Å². The van der Waals surface area contributed by atoms with E-state index >= 15 is 0 Å². The van der Waals surface area contributed by atoms with Gasteiger partial charge in [0.05, 0.1) is 12.0 Å². The standard InChI is InChI=1S/C19H30N2O2/c1-3-7-17(14-16-8-5-4-6-9-16)21-18(22)19(15-23-2)10-12-20-13-11-19/h4-6,8-9,17,20H,3,7,10-15H2,1-2H3,(H,21,22). The number of carbonyl (C=O) groups is 1. The third kappa shape index (κ3) is 5.05. The van der Waals surface area contributed by atoms with Crippen LogP contribution in [0.5, 0.6) is 0 Å². The molecule has 0 saturated carbocycles. The Morgan fingerprint density at radius 2 is 2.00 bits per heavy atom. The number of benzene rings is 1. The van der Waals surface area contributed by atoms with Gasteiger partial charge in [-0.3, -0.25) is 4.79 Å². The van der Waals surface area contributed by atoms with Crippen LogP contribution in [0, 0.1) is 5.41 Å². The van der Waals surface area contributed by atoms with Crippen molar-refractivity contribution < 1.29 is 9.53 Å². The van der Waals surface area contributed by atoms with Gasteiger partial charge < -0.3 is 15.4 Å². The van der Waals surface area contributed by atoms with E-state index in [1.165, 1.54) is 5.56 Å². The second-order valence-corrected chi connectivity index (χ2v) is 6.61. The number of rotatable bonds is 8. The van der Waals surface area contributed by atoms with Crippen molar-refractivity contribution in [3.05, 3.63) is 35.9 Å². The fourth-order valence-corrected chi connectivity index (χ4v) is 3.43. The maximum atomic E-state index is 13.0. The number of carbonyl (C=O) groups excluding carboxylic acids is 1. The molecule has 1 aliphatic heterocycles. The van der Waals surface area contributed by atoms with Crippen molar-refractivity contribution in [2.45, 2.75) is 45.1 Å². The molecule has 1 fully saturated rings. The minimum absolute atomic E-state index is 0.162. The van der Waals surface area contributed by atoms with Crippen LogP contribution in [0.15, 0.2) is 30.3 Å².